The quantitative estimate of drug-likeness (QED) is 0.378. The van der Waals surface area contributed by atoms with Crippen molar-refractivity contribution in [3.05, 3.63) is 99.0 Å². The van der Waals surface area contributed by atoms with Gasteiger partial charge in [-0.15, -0.1) is 0 Å². The molecule has 1 saturated heterocycles. The van der Waals surface area contributed by atoms with E-state index in [-0.39, 0.29) is 24.0 Å². The molecule has 7 nitrogen and oxygen atoms in total. The highest BCUT2D eigenvalue weighted by atomic mass is 79.9. The highest BCUT2D eigenvalue weighted by molar-refractivity contribution is 9.10. The number of hydrogen-bond donors (Lipinski definition) is 2. The number of rotatable bonds is 7. The van der Waals surface area contributed by atoms with E-state index in [1.165, 1.54) is 9.91 Å². The van der Waals surface area contributed by atoms with E-state index < -0.39 is 17.9 Å². The molecular weight excluding hydrogens is 564 g/mol. The van der Waals surface area contributed by atoms with Crippen LogP contribution in [0.4, 0.5) is 5.69 Å². The van der Waals surface area contributed by atoms with E-state index in [0.29, 0.717) is 16.3 Å². The van der Waals surface area contributed by atoms with Crippen LogP contribution in [0.25, 0.3) is 0 Å². The van der Waals surface area contributed by atoms with Gasteiger partial charge in [-0.25, -0.2) is 5.01 Å². The Morgan fingerprint density at radius 3 is 2.42 bits per heavy atom. The van der Waals surface area contributed by atoms with Crippen LogP contribution in [0, 0.1) is 6.92 Å². The molecule has 1 heterocycles. The second kappa shape index (κ2) is 11.2. The average molecular weight is 586 g/mol. The summed E-state index contributed by atoms with van der Waals surface area (Å²) < 4.78 is 0.825. The number of hydrogen-bond acceptors (Lipinski definition) is 4. The first kappa shape index (κ1) is 25.8. The molecule has 1 unspecified atom stereocenters. The van der Waals surface area contributed by atoms with Crippen molar-refractivity contribution in [3.63, 3.8) is 0 Å². The minimum absolute atomic E-state index is 0.116. The lowest BCUT2D eigenvalue weighted by atomic mass is 10.1. The summed E-state index contributed by atoms with van der Waals surface area (Å²) in [5.41, 5.74) is 5.36. The zero-order valence-electron chi connectivity index (χ0n) is 19.2. The van der Waals surface area contributed by atoms with E-state index in [2.05, 4.69) is 26.7 Å². The van der Waals surface area contributed by atoms with Crippen LogP contribution in [0.2, 0.25) is 5.02 Å². The van der Waals surface area contributed by atoms with Gasteiger partial charge in [0.15, 0.2) is 5.11 Å². The second-order valence-electron chi connectivity index (χ2n) is 8.24. The maximum atomic E-state index is 13.4. The fraction of sp³-hybridized carbons (Fsp3) is 0.154. The molecule has 0 bridgehead atoms. The van der Waals surface area contributed by atoms with Gasteiger partial charge in [-0.1, -0.05) is 63.9 Å². The van der Waals surface area contributed by atoms with Gasteiger partial charge >= 0.3 is 0 Å². The average Bonchev–Trinajstić information content (AvgIpc) is 3.06. The summed E-state index contributed by atoms with van der Waals surface area (Å²) in [5, 5.41) is 4.70. The lowest BCUT2D eigenvalue weighted by Gasteiger charge is -2.24. The van der Waals surface area contributed by atoms with Crippen molar-refractivity contribution in [2.75, 3.05) is 5.32 Å². The fourth-order valence-corrected chi connectivity index (χ4v) is 4.47. The molecule has 36 heavy (non-hydrogen) atoms. The zero-order chi connectivity index (χ0) is 25.8. The van der Waals surface area contributed by atoms with E-state index in [0.717, 1.165) is 15.6 Å². The van der Waals surface area contributed by atoms with E-state index in [1.54, 1.807) is 42.5 Å². The first-order valence-corrected chi connectivity index (χ1v) is 12.6. The number of halogens is 2. The highest BCUT2D eigenvalue weighted by Gasteiger charge is 2.44. The van der Waals surface area contributed by atoms with Crippen LogP contribution in [0.1, 0.15) is 27.9 Å². The number of carbonyl (C=O) groups is 3. The van der Waals surface area contributed by atoms with Crippen molar-refractivity contribution in [1.29, 1.82) is 0 Å². The van der Waals surface area contributed by atoms with Crippen molar-refractivity contribution < 1.29 is 14.4 Å². The van der Waals surface area contributed by atoms with Crippen LogP contribution in [0.3, 0.4) is 0 Å². The lowest BCUT2D eigenvalue weighted by Crippen LogP contribution is -2.49. The molecular formula is C26H22BrClN4O3S. The molecule has 0 radical (unpaired) electrons. The summed E-state index contributed by atoms with van der Waals surface area (Å²) in [5.74, 6) is -1.24. The summed E-state index contributed by atoms with van der Waals surface area (Å²) in [6, 6.07) is 20.3. The number of nitrogens with one attached hydrogen (secondary N) is 2. The Morgan fingerprint density at radius 2 is 1.75 bits per heavy atom. The third-order valence-corrected chi connectivity index (χ3v) is 7.00. The van der Waals surface area contributed by atoms with Gasteiger partial charge in [0.25, 0.3) is 11.8 Å². The largest absolute Gasteiger partial charge is 0.326 e. The number of benzene rings is 3. The Balaban J connectivity index is 1.55. The van der Waals surface area contributed by atoms with Gasteiger partial charge in [-0.05, 0) is 66.7 Å². The Kier molecular flexibility index (Phi) is 8.03. The molecule has 3 amide bonds. The fourth-order valence-electron chi connectivity index (χ4n) is 3.70. The van der Waals surface area contributed by atoms with Gasteiger partial charge in [-0.3, -0.25) is 24.7 Å². The van der Waals surface area contributed by atoms with Gasteiger partial charge in [0.05, 0.1) is 13.0 Å². The molecule has 1 fully saturated rings. The smallest absolute Gasteiger partial charge is 0.269 e. The van der Waals surface area contributed by atoms with E-state index in [4.69, 9.17) is 23.8 Å². The summed E-state index contributed by atoms with van der Waals surface area (Å²) >= 11 is 15.1. The van der Waals surface area contributed by atoms with E-state index in [1.807, 2.05) is 37.3 Å². The molecule has 0 aromatic heterocycles. The SMILES string of the molecule is Cc1ccc(NC(=O)CC2C(=O)N(Cc3ccccc3)C(=S)N2NC(=O)c2ccc(Br)cc2)cc1Cl. The molecule has 3 aromatic rings. The monoisotopic (exact) mass is 584 g/mol. The van der Waals surface area contributed by atoms with Crippen molar-refractivity contribution >= 4 is 68.3 Å². The summed E-state index contributed by atoms with van der Waals surface area (Å²) in [6.07, 6.45) is -0.226. The molecule has 1 aliphatic heterocycles. The van der Waals surface area contributed by atoms with Gasteiger partial charge in [-0.2, -0.15) is 0 Å². The van der Waals surface area contributed by atoms with Gasteiger partial charge in [0.1, 0.15) is 6.04 Å². The third-order valence-electron chi connectivity index (χ3n) is 5.65. The molecule has 4 rings (SSSR count). The lowest BCUT2D eigenvalue weighted by molar-refractivity contribution is -0.131. The molecule has 184 valence electrons. The van der Waals surface area contributed by atoms with Crippen LogP contribution in [0.15, 0.2) is 77.3 Å². The number of hydrazine groups is 1. The first-order valence-electron chi connectivity index (χ1n) is 11.0. The van der Waals surface area contributed by atoms with E-state index in [9.17, 15) is 14.4 Å². The van der Waals surface area contributed by atoms with Crippen LogP contribution in [-0.4, -0.2) is 38.8 Å². The normalized spacial score (nSPS) is 15.2. The van der Waals surface area contributed by atoms with Crippen molar-refractivity contribution in [1.82, 2.24) is 15.3 Å². The highest BCUT2D eigenvalue weighted by Crippen LogP contribution is 2.24. The number of carbonyl (C=O) groups excluding carboxylic acids is 3. The van der Waals surface area contributed by atoms with Crippen molar-refractivity contribution in [2.45, 2.75) is 25.9 Å². The summed E-state index contributed by atoms with van der Waals surface area (Å²) in [7, 11) is 0. The topological polar surface area (TPSA) is 81.8 Å². The van der Waals surface area contributed by atoms with Crippen LogP contribution >= 0.6 is 39.7 Å². The van der Waals surface area contributed by atoms with Crippen molar-refractivity contribution in [2.24, 2.45) is 0 Å². The van der Waals surface area contributed by atoms with Gasteiger partial charge in [0, 0.05) is 20.7 Å². The number of nitrogens with zero attached hydrogens (tertiary/aromatic N) is 2. The standard InChI is InChI=1S/C26H22BrClN4O3S/c1-16-7-12-20(13-21(16)28)29-23(33)14-22-25(35)31(15-17-5-3-2-4-6-17)26(36)32(22)30-24(34)18-8-10-19(27)11-9-18/h2-13,22H,14-15H2,1H3,(H,29,33)(H,30,34). The van der Waals surface area contributed by atoms with Crippen LogP contribution in [0.5, 0.6) is 0 Å². The Hall–Kier alpha value is -3.27. The Morgan fingerprint density at radius 1 is 1.06 bits per heavy atom. The van der Waals surface area contributed by atoms with E-state index >= 15 is 0 Å². The molecule has 1 atom stereocenters. The number of aryl methyl sites for hydroxylation is 1. The van der Waals surface area contributed by atoms with Gasteiger partial charge < -0.3 is 5.32 Å². The van der Waals surface area contributed by atoms with Crippen molar-refractivity contribution in [3.8, 4) is 0 Å². The first-order chi connectivity index (χ1) is 17.2. The molecule has 0 saturated carbocycles. The predicted octanol–water partition coefficient (Wildman–Crippen LogP) is 5.08. The molecule has 0 aliphatic carbocycles. The molecule has 3 aromatic carbocycles. The maximum Gasteiger partial charge on any atom is 0.269 e. The second-order valence-corrected chi connectivity index (χ2v) is 9.93. The Bertz CT molecular complexity index is 1320. The minimum Gasteiger partial charge on any atom is -0.326 e. The predicted molar refractivity (Wildman–Crippen MR) is 146 cm³/mol. The van der Waals surface area contributed by atoms with Gasteiger partial charge in [0.2, 0.25) is 5.91 Å². The maximum absolute atomic E-state index is 13.4. The number of thiocarbonyl (C=S) groups is 1. The molecule has 0 spiro atoms. The number of anilines is 1. The summed E-state index contributed by atoms with van der Waals surface area (Å²) in [4.78, 5) is 40.7. The van der Waals surface area contributed by atoms with Crippen LogP contribution < -0.4 is 10.7 Å². The minimum atomic E-state index is -1.01. The Labute approximate surface area is 227 Å². The molecule has 10 heteroatoms. The zero-order valence-corrected chi connectivity index (χ0v) is 22.4. The molecule has 1 aliphatic rings. The van der Waals surface area contributed by atoms with Crippen LogP contribution in [-0.2, 0) is 16.1 Å². The molecule has 2 N–H and O–H groups in total. The number of amides is 3. The summed E-state index contributed by atoms with van der Waals surface area (Å²) in [6.45, 7) is 2.08. The third kappa shape index (κ3) is 5.92.